The summed E-state index contributed by atoms with van der Waals surface area (Å²) in [5.41, 5.74) is 2.11. The van der Waals surface area contributed by atoms with Crippen molar-refractivity contribution in [3.05, 3.63) is 58.9 Å². The number of hydrogen-bond donors (Lipinski definition) is 1. The van der Waals surface area contributed by atoms with Gasteiger partial charge in [-0.3, -0.25) is 9.69 Å². The maximum absolute atomic E-state index is 15.1. The molecular formula is C29H30FN3O5. The van der Waals surface area contributed by atoms with Crippen molar-refractivity contribution in [1.82, 2.24) is 10.2 Å². The van der Waals surface area contributed by atoms with Crippen molar-refractivity contribution >= 4 is 18.0 Å². The number of ether oxygens (including phenoxy) is 2. The summed E-state index contributed by atoms with van der Waals surface area (Å²) in [5.74, 6) is -1.33. The summed E-state index contributed by atoms with van der Waals surface area (Å²) in [7, 11) is 0. The zero-order valence-electron chi connectivity index (χ0n) is 21.6. The van der Waals surface area contributed by atoms with Gasteiger partial charge in [0.25, 0.3) is 0 Å². The number of nitrogens with one attached hydrogen (secondary N) is 1. The van der Waals surface area contributed by atoms with Crippen molar-refractivity contribution in [3.8, 4) is 17.2 Å². The van der Waals surface area contributed by atoms with Gasteiger partial charge in [-0.2, -0.15) is 5.26 Å². The van der Waals surface area contributed by atoms with Gasteiger partial charge in [-0.25, -0.2) is 14.0 Å². The Hall–Kier alpha value is -3.93. The van der Waals surface area contributed by atoms with Gasteiger partial charge in [0, 0.05) is 18.0 Å². The van der Waals surface area contributed by atoms with E-state index in [1.54, 1.807) is 51.1 Å². The molecule has 2 fully saturated rings. The van der Waals surface area contributed by atoms with Gasteiger partial charge in [0.05, 0.1) is 11.6 Å². The molecule has 2 aromatic rings. The Morgan fingerprint density at radius 1 is 1.21 bits per heavy atom. The van der Waals surface area contributed by atoms with Crippen LogP contribution in [0.5, 0.6) is 0 Å². The lowest BCUT2D eigenvalue weighted by Gasteiger charge is -2.35. The summed E-state index contributed by atoms with van der Waals surface area (Å²) in [5, 5.41) is 12.5. The van der Waals surface area contributed by atoms with E-state index in [1.807, 2.05) is 0 Å². The van der Waals surface area contributed by atoms with Crippen LogP contribution in [0.15, 0.2) is 36.4 Å². The summed E-state index contributed by atoms with van der Waals surface area (Å²) in [6.07, 6.45) is 1.82. The molecule has 0 radical (unpaired) electrons. The Morgan fingerprint density at radius 3 is 2.66 bits per heavy atom. The smallest absolute Gasteiger partial charge is 0.411 e. The fourth-order valence-electron chi connectivity index (χ4n) is 5.69. The van der Waals surface area contributed by atoms with Gasteiger partial charge in [-0.15, -0.1) is 0 Å². The van der Waals surface area contributed by atoms with Gasteiger partial charge in [0.2, 0.25) is 5.91 Å². The number of carbonyl (C=O) groups is 3. The highest BCUT2D eigenvalue weighted by atomic mass is 19.1. The monoisotopic (exact) mass is 519 g/mol. The fourth-order valence-corrected chi connectivity index (χ4v) is 5.69. The molecule has 0 aromatic heterocycles. The van der Waals surface area contributed by atoms with Crippen LogP contribution < -0.4 is 5.32 Å². The second-order valence-electron chi connectivity index (χ2n) is 11.2. The van der Waals surface area contributed by atoms with Crippen molar-refractivity contribution in [2.45, 2.75) is 76.8 Å². The predicted molar refractivity (Wildman–Crippen MR) is 135 cm³/mol. The molecule has 1 saturated carbocycles. The number of carbonyl (C=O) groups excluding carboxylic acids is 3. The fraction of sp³-hybridized carbons (Fsp3) is 0.448. The van der Waals surface area contributed by atoms with Crippen molar-refractivity contribution in [3.63, 3.8) is 0 Å². The highest BCUT2D eigenvalue weighted by molar-refractivity contribution is 5.95. The molecule has 3 aliphatic rings. The van der Waals surface area contributed by atoms with Crippen molar-refractivity contribution < 1.29 is 28.2 Å². The second kappa shape index (κ2) is 9.75. The number of piperidine rings is 1. The number of rotatable bonds is 5. The molecule has 2 heterocycles. The van der Waals surface area contributed by atoms with Crippen molar-refractivity contribution in [1.29, 1.82) is 5.26 Å². The number of likely N-dealkylation sites (tertiary alicyclic amines) is 1. The topological polar surface area (TPSA) is 109 Å². The summed E-state index contributed by atoms with van der Waals surface area (Å²) < 4.78 is 25.7. The molecule has 3 unspecified atom stereocenters. The molecule has 0 spiro atoms. The third-order valence-electron chi connectivity index (χ3n) is 7.43. The molecule has 2 amide bonds. The molecule has 9 heteroatoms. The average molecular weight is 520 g/mol. The maximum Gasteiger partial charge on any atom is 0.411 e. The zero-order valence-corrected chi connectivity index (χ0v) is 21.6. The number of halogens is 1. The predicted octanol–water partition coefficient (Wildman–Crippen LogP) is 4.50. The van der Waals surface area contributed by atoms with Gasteiger partial charge in [0.1, 0.15) is 30.1 Å². The van der Waals surface area contributed by atoms with Gasteiger partial charge in [-0.05, 0) is 74.8 Å². The average Bonchev–Trinajstić information content (AvgIpc) is 3.58. The lowest BCUT2D eigenvalue weighted by Crippen LogP contribution is -2.55. The largest absolute Gasteiger partial charge is 0.457 e. The van der Waals surface area contributed by atoms with E-state index in [0.29, 0.717) is 16.7 Å². The Kier molecular flexibility index (Phi) is 6.59. The molecule has 8 nitrogen and oxygen atoms in total. The van der Waals surface area contributed by atoms with E-state index in [1.165, 1.54) is 11.0 Å². The first-order chi connectivity index (χ1) is 18.0. The van der Waals surface area contributed by atoms with E-state index in [0.717, 1.165) is 24.8 Å². The Balaban J connectivity index is 1.28. The second-order valence-corrected chi connectivity index (χ2v) is 11.2. The third-order valence-corrected chi connectivity index (χ3v) is 7.43. The van der Waals surface area contributed by atoms with Crippen LogP contribution in [0.3, 0.4) is 0 Å². The number of hydrogen-bond acceptors (Lipinski definition) is 6. The van der Waals surface area contributed by atoms with Crippen LogP contribution in [-0.2, 0) is 27.3 Å². The number of nitrogens with zero attached hydrogens (tertiary/aromatic N) is 2. The van der Waals surface area contributed by atoms with Crippen LogP contribution in [0.4, 0.5) is 9.18 Å². The molecule has 1 N–H and O–H groups in total. The number of nitriles is 1. The van der Waals surface area contributed by atoms with Gasteiger partial charge in [-0.1, -0.05) is 24.3 Å². The number of benzene rings is 2. The Morgan fingerprint density at radius 2 is 1.95 bits per heavy atom. The van der Waals surface area contributed by atoms with Crippen LogP contribution in [0, 0.1) is 23.1 Å². The minimum atomic E-state index is -0.975. The van der Waals surface area contributed by atoms with E-state index >= 15 is 4.39 Å². The van der Waals surface area contributed by atoms with Crippen LogP contribution in [0.2, 0.25) is 0 Å². The molecule has 4 atom stereocenters. The SMILES string of the molecule is CC(C)(C)OC(=O)N1C2CCC(C2)C1C(=O)N[C@H](C#N)Cc1ccc(-c2ccc3c(c2)C(=O)OC3)cc1F. The Bertz CT molecular complexity index is 1340. The quantitative estimate of drug-likeness (QED) is 0.583. The molecular weight excluding hydrogens is 489 g/mol. The van der Waals surface area contributed by atoms with Gasteiger partial charge < -0.3 is 14.8 Å². The molecule has 198 valence electrons. The number of cyclic esters (lactones) is 1. The summed E-state index contributed by atoms with van der Waals surface area (Å²) in [4.78, 5) is 39.5. The minimum absolute atomic E-state index is 0.00693. The molecule has 1 saturated heterocycles. The van der Waals surface area contributed by atoms with Gasteiger partial charge >= 0.3 is 12.1 Å². The first kappa shape index (κ1) is 25.7. The highest BCUT2D eigenvalue weighted by Gasteiger charge is 2.52. The maximum atomic E-state index is 15.1. The van der Waals surface area contributed by atoms with E-state index < -0.39 is 41.5 Å². The number of fused-ring (bicyclic) bond motifs is 3. The first-order valence-corrected chi connectivity index (χ1v) is 12.8. The van der Waals surface area contributed by atoms with E-state index in [4.69, 9.17) is 9.47 Å². The summed E-state index contributed by atoms with van der Waals surface area (Å²) in [6.45, 7) is 5.56. The third kappa shape index (κ3) is 4.95. The first-order valence-electron chi connectivity index (χ1n) is 12.8. The van der Waals surface area contributed by atoms with E-state index in [9.17, 15) is 19.6 Å². The zero-order chi connectivity index (χ0) is 27.2. The van der Waals surface area contributed by atoms with Crippen molar-refractivity contribution in [2.75, 3.05) is 0 Å². The van der Waals surface area contributed by atoms with Crippen LogP contribution in [0.25, 0.3) is 11.1 Å². The summed E-state index contributed by atoms with van der Waals surface area (Å²) in [6, 6.07) is 10.2. The number of esters is 1. The van der Waals surface area contributed by atoms with Crippen LogP contribution in [-0.4, -0.2) is 46.6 Å². The molecule has 5 rings (SSSR count). The van der Waals surface area contributed by atoms with Gasteiger partial charge in [0.15, 0.2) is 0 Å². The standard InChI is InChI=1S/C29H30FN3O5/c1-29(2,3)38-28(36)33-22-9-8-19(11-22)25(33)26(34)32-21(14-31)10-18-6-4-17(13-24(18)30)16-5-7-20-15-37-27(35)23(20)12-16/h4-7,12-13,19,21-22,25H,8-11,15H2,1-3H3,(H,32,34)/t19?,21-,22?,25?/m0/s1. The van der Waals surface area contributed by atoms with E-state index in [2.05, 4.69) is 11.4 Å². The molecule has 1 aliphatic carbocycles. The molecule has 38 heavy (non-hydrogen) atoms. The summed E-state index contributed by atoms with van der Waals surface area (Å²) >= 11 is 0. The lowest BCUT2D eigenvalue weighted by molar-refractivity contribution is -0.128. The Labute approximate surface area is 220 Å². The van der Waals surface area contributed by atoms with E-state index in [-0.39, 0.29) is 30.6 Å². The minimum Gasteiger partial charge on any atom is -0.457 e. The molecule has 2 bridgehead atoms. The highest BCUT2D eigenvalue weighted by Crippen LogP contribution is 2.43. The normalized spacial score (nSPS) is 22.4. The van der Waals surface area contributed by atoms with Crippen LogP contribution in [0.1, 0.15) is 61.5 Å². The molecule has 2 aliphatic heterocycles. The number of amides is 2. The molecule has 2 aromatic carbocycles. The van der Waals surface area contributed by atoms with Crippen molar-refractivity contribution in [2.24, 2.45) is 5.92 Å². The van der Waals surface area contributed by atoms with Crippen LogP contribution >= 0.6 is 0 Å². The lowest BCUT2D eigenvalue weighted by atomic mass is 9.96.